The molecule has 6 nitrogen and oxygen atoms in total. The second-order valence-corrected chi connectivity index (χ2v) is 9.23. The number of hydrogen-bond donors (Lipinski definition) is 2. The van der Waals surface area contributed by atoms with Crippen LogP contribution in [-0.4, -0.2) is 25.9 Å². The van der Waals surface area contributed by atoms with E-state index in [-0.39, 0.29) is 62.6 Å². The summed E-state index contributed by atoms with van der Waals surface area (Å²) in [5.74, 6) is 0. The van der Waals surface area contributed by atoms with E-state index in [0.717, 1.165) is 27.6 Å². The predicted octanol–water partition coefficient (Wildman–Crippen LogP) is 0.131. The van der Waals surface area contributed by atoms with Gasteiger partial charge in [-0.1, -0.05) is 42.5 Å². The van der Waals surface area contributed by atoms with Gasteiger partial charge in [0.1, 0.15) is 0 Å². The van der Waals surface area contributed by atoms with Crippen LogP contribution in [0.4, 0.5) is 0 Å². The van der Waals surface area contributed by atoms with Crippen molar-refractivity contribution in [3.8, 4) is 22.3 Å². The van der Waals surface area contributed by atoms with Gasteiger partial charge in [-0.3, -0.25) is 9.11 Å². The van der Waals surface area contributed by atoms with Crippen LogP contribution in [0, 0.1) is 0 Å². The minimum atomic E-state index is -4.28. The molecule has 142 valence electrons. The molecule has 0 aliphatic carbocycles. The molecule has 0 heterocycles. The molecular weight excluding hydrogens is 446 g/mol. The first kappa shape index (κ1) is 23.8. The van der Waals surface area contributed by atoms with Crippen molar-refractivity contribution in [2.75, 3.05) is 0 Å². The SMILES string of the molecule is O=S(=O)(O)c1ccc(-c2cccc(P)c2-c2ccc(S(=O)(=O)O)cc2)cc1.[H-].[K+]. The van der Waals surface area contributed by atoms with E-state index in [1.165, 1.54) is 24.3 Å². The molecule has 10 heteroatoms. The Bertz CT molecular complexity index is 1210. The molecular formula is C18H16KO6PS2. The van der Waals surface area contributed by atoms with Gasteiger partial charge >= 0.3 is 51.4 Å². The molecule has 0 aliphatic heterocycles. The van der Waals surface area contributed by atoms with Crippen molar-refractivity contribution in [3.05, 3.63) is 66.7 Å². The Hall–Kier alpha value is -0.454. The molecule has 3 aromatic rings. The van der Waals surface area contributed by atoms with Gasteiger partial charge in [0.15, 0.2) is 0 Å². The van der Waals surface area contributed by atoms with Gasteiger partial charge in [-0.05, 0) is 51.8 Å². The van der Waals surface area contributed by atoms with Crippen LogP contribution in [-0.2, 0) is 20.2 Å². The average molecular weight is 463 g/mol. The van der Waals surface area contributed by atoms with Crippen LogP contribution in [0.25, 0.3) is 22.3 Å². The summed E-state index contributed by atoms with van der Waals surface area (Å²) in [5, 5.41) is 0.853. The van der Waals surface area contributed by atoms with Crippen molar-refractivity contribution in [1.82, 2.24) is 0 Å². The molecule has 0 spiro atoms. The second-order valence-electron chi connectivity index (χ2n) is 5.77. The van der Waals surface area contributed by atoms with E-state index in [4.69, 9.17) is 9.11 Å². The van der Waals surface area contributed by atoms with E-state index in [9.17, 15) is 16.8 Å². The zero-order valence-electron chi connectivity index (χ0n) is 15.8. The first-order chi connectivity index (χ1) is 12.6. The van der Waals surface area contributed by atoms with E-state index in [1.807, 2.05) is 18.2 Å². The molecule has 3 rings (SSSR count). The Morgan fingerprint density at radius 2 is 1.11 bits per heavy atom. The topological polar surface area (TPSA) is 109 Å². The zero-order valence-corrected chi connectivity index (χ0v) is 20.7. The third-order valence-electron chi connectivity index (χ3n) is 4.00. The van der Waals surface area contributed by atoms with Crippen LogP contribution in [0.5, 0.6) is 0 Å². The summed E-state index contributed by atoms with van der Waals surface area (Å²) >= 11 is 0. The van der Waals surface area contributed by atoms with Crippen molar-refractivity contribution in [2.24, 2.45) is 0 Å². The molecule has 0 bridgehead atoms. The monoisotopic (exact) mass is 462 g/mol. The van der Waals surface area contributed by atoms with Gasteiger partial charge in [-0.2, -0.15) is 16.8 Å². The Morgan fingerprint density at radius 3 is 1.54 bits per heavy atom. The van der Waals surface area contributed by atoms with Gasteiger partial charge in [-0.15, -0.1) is 9.24 Å². The molecule has 1 atom stereocenters. The fourth-order valence-electron chi connectivity index (χ4n) is 2.73. The number of rotatable bonds is 4. The van der Waals surface area contributed by atoms with Crippen molar-refractivity contribution in [3.63, 3.8) is 0 Å². The normalized spacial score (nSPS) is 11.7. The van der Waals surface area contributed by atoms with E-state index in [0.29, 0.717) is 0 Å². The van der Waals surface area contributed by atoms with Crippen LogP contribution in [0.3, 0.4) is 0 Å². The van der Waals surface area contributed by atoms with E-state index in [1.54, 1.807) is 24.3 Å². The van der Waals surface area contributed by atoms with Crippen LogP contribution in [0.15, 0.2) is 76.5 Å². The minimum Gasteiger partial charge on any atom is -1.00 e. The van der Waals surface area contributed by atoms with E-state index < -0.39 is 20.2 Å². The zero-order chi connectivity index (χ0) is 19.8. The maximum Gasteiger partial charge on any atom is 1.00 e. The number of benzene rings is 3. The Kier molecular flexibility index (Phi) is 7.77. The molecule has 0 aromatic heterocycles. The molecule has 0 saturated carbocycles. The maximum atomic E-state index is 11.2. The van der Waals surface area contributed by atoms with Crippen molar-refractivity contribution < 1.29 is 78.8 Å². The van der Waals surface area contributed by atoms with Crippen molar-refractivity contribution in [2.45, 2.75) is 9.79 Å². The molecule has 2 N–H and O–H groups in total. The summed E-state index contributed by atoms with van der Waals surface area (Å²) in [6.07, 6.45) is 0. The van der Waals surface area contributed by atoms with Crippen LogP contribution in [0.2, 0.25) is 0 Å². The molecule has 0 aliphatic rings. The van der Waals surface area contributed by atoms with Crippen molar-refractivity contribution in [1.29, 1.82) is 0 Å². The molecule has 28 heavy (non-hydrogen) atoms. The van der Waals surface area contributed by atoms with E-state index >= 15 is 0 Å². The first-order valence-corrected chi connectivity index (χ1v) is 11.1. The second kappa shape index (κ2) is 9.14. The fourth-order valence-corrected chi connectivity index (χ4v) is 4.13. The van der Waals surface area contributed by atoms with Gasteiger partial charge in [0.2, 0.25) is 0 Å². The fraction of sp³-hybridized carbons (Fsp3) is 0. The Labute approximate surface area is 210 Å². The minimum absolute atomic E-state index is 0. The molecule has 0 radical (unpaired) electrons. The van der Waals surface area contributed by atoms with Crippen molar-refractivity contribution >= 4 is 34.8 Å². The molecule has 1 unspecified atom stereocenters. The molecule has 0 fully saturated rings. The standard InChI is InChI=1S/C18H15O6PS2.K.H/c19-26(20,21)14-8-4-12(5-9-14)16-2-1-3-17(25)18(16)13-6-10-15(11-7-13)27(22,23)24;;/h1-11H,25H2,(H,19,20,21)(H,22,23,24);;/q;+1;-1. The third kappa shape index (κ3) is 5.37. The number of hydrogen-bond acceptors (Lipinski definition) is 4. The van der Waals surface area contributed by atoms with Gasteiger partial charge in [0.25, 0.3) is 20.2 Å². The predicted molar refractivity (Wildman–Crippen MR) is 107 cm³/mol. The van der Waals surface area contributed by atoms with Gasteiger partial charge in [0.05, 0.1) is 9.79 Å². The van der Waals surface area contributed by atoms with E-state index in [2.05, 4.69) is 9.24 Å². The summed E-state index contributed by atoms with van der Waals surface area (Å²) in [6.45, 7) is 0. The molecule has 3 aromatic carbocycles. The molecule has 0 amide bonds. The Morgan fingerprint density at radius 1 is 0.679 bits per heavy atom. The summed E-state index contributed by atoms with van der Waals surface area (Å²) < 4.78 is 63.1. The van der Waals surface area contributed by atoms with Gasteiger partial charge in [-0.25, -0.2) is 0 Å². The smallest absolute Gasteiger partial charge is 1.00 e. The van der Waals surface area contributed by atoms with Crippen LogP contribution < -0.4 is 56.7 Å². The van der Waals surface area contributed by atoms with Crippen LogP contribution in [0.1, 0.15) is 1.43 Å². The van der Waals surface area contributed by atoms with Crippen LogP contribution >= 0.6 is 9.24 Å². The van der Waals surface area contributed by atoms with Gasteiger partial charge in [0, 0.05) is 0 Å². The quantitative estimate of drug-likeness (QED) is 0.324. The summed E-state index contributed by atoms with van der Waals surface area (Å²) in [4.78, 5) is -0.404. The Balaban J connectivity index is 0.00000210. The average Bonchev–Trinajstić information content (AvgIpc) is 2.60. The van der Waals surface area contributed by atoms with Gasteiger partial charge < -0.3 is 1.43 Å². The third-order valence-corrected chi connectivity index (χ3v) is 6.22. The summed E-state index contributed by atoms with van der Waals surface area (Å²) in [6, 6.07) is 17.1. The summed E-state index contributed by atoms with van der Waals surface area (Å²) in [7, 11) is -5.95. The maximum absolute atomic E-state index is 11.2. The summed E-state index contributed by atoms with van der Waals surface area (Å²) in [5.41, 5.74) is 3.05. The molecule has 0 saturated heterocycles. The first-order valence-electron chi connectivity index (χ1n) is 7.62. The largest absolute Gasteiger partial charge is 1.00 e.